The normalized spacial score (nSPS) is 22.9. The predicted octanol–water partition coefficient (Wildman–Crippen LogP) is 1.49. The highest BCUT2D eigenvalue weighted by atomic mass is 32.2. The van der Waals surface area contributed by atoms with Crippen LogP contribution in [0.1, 0.15) is 41.4 Å². The third-order valence-corrected chi connectivity index (χ3v) is 6.82. The summed E-state index contributed by atoms with van der Waals surface area (Å²) in [6.07, 6.45) is 5.23. The van der Waals surface area contributed by atoms with Crippen molar-refractivity contribution in [2.45, 2.75) is 50.1 Å². The molecule has 156 valence electrons. The Balaban J connectivity index is 1.26. The molecule has 0 radical (unpaired) electrons. The fraction of sp³-hybridized carbons (Fsp3) is 0.450. The maximum atomic E-state index is 13.1. The molecule has 1 aromatic carbocycles. The van der Waals surface area contributed by atoms with Crippen LogP contribution >= 0.6 is 0 Å². The lowest BCUT2D eigenvalue weighted by atomic mass is 9.96. The molecule has 0 bridgehead atoms. The number of rotatable bonds is 3. The van der Waals surface area contributed by atoms with E-state index in [1.165, 1.54) is 0 Å². The van der Waals surface area contributed by atoms with Gasteiger partial charge in [-0.25, -0.2) is 9.97 Å². The zero-order valence-electron chi connectivity index (χ0n) is 16.9. The number of carbonyl (C=O) groups excluding carboxylic acids is 1. The van der Waals surface area contributed by atoms with E-state index in [0.717, 1.165) is 42.7 Å². The number of nitrogens with zero attached hydrogens (tertiary/aromatic N) is 6. The van der Waals surface area contributed by atoms with Crippen LogP contribution < -0.4 is 0 Å². The van der Waals surface area contributed by atoms with Gasteiger partial charge in [-0.15, -0.1) is 0 Å². The zero-order chi connectivity index (χ0) is 20.8. The van der Waals surface area contributed by atoms with Gasteiger partial charge in [0, 0.05) is 55.3 Å². The highest BCUT2D eigenvalue weighted by Crippen LogP contribution is 2.30. The van der Waals surface area contributed by atoms with Gasteiger partial charge in [0.05, 0.1) is 16.5 Å². The molecule has 0 aliphatic carbocycles. The Morgan fingerprint density at radius 2 is 2.07 bits per heavy atom. The Morgan fingerprint density at radius 1 is 1.23 bits per heavy atom. The lowest BCUT2D eigenvalue weighted by Gasteiger charge is -2.41. The van der Waals surface area contributed by atoms with E-state index in [-0.39, 0.29) is 11.9 Å². The van der Waals surface area contributed by atoms with Gasteiger partial charge in [0.25, 0.3) is 5.91 Å². The minimum atomic E-state index is -1.17. The van der Waals surface area contributed by atoms with Gasteiger partial charge < -0.3 is 4.90 Å². The molecule has 1 N–H and O–H groups in total. The molecule has 10 heteroatoms. The first-order chi connectivity index (χ1) is 14.5. The molecule has 2 aliphatic heterocycles. The second-order valence-electron chi connectivity index (χ2n) is 8.04. The molecule has 3 atom stereocenters. The van der Waals surface area contributed by atoms with Gasteiger partial charge in [-0.05, 0) is 38.0 Å². The van der Waals surface area contributed by atoms with Gasteiger partial charge in [-0.2, -0.15) is 15.4 Å². The topological polar surface area (TPSA) is 108 Å². The third kappa shape index (κ3) is 3.39. The van der Waals surface area contributed by atoms with Crippen molar-refractivity contribution in [1.82, 2.24) is 35.2 Å². The monoisotopic (exact) mass is 425 g/mol. The average molecular weight is 426 g/mol. The summed E-state index contributed by atoms with van der Waals surface area (Å²) in [6.45, 7) is 4.38. The molecule has 1 saturated heterocycles. The van der Waals surface area contributed by atoms with Crippen molar-refractivity contribution >= 4 is 27.7 Å². The summed E-state index contributed by atoms with van der Waals surface area (Å²) in [4.78, 5) is 26.2. The Labute approximate surface area is 176 Å². The van der Waals surface area contributed by atoms with Crippen LogP contribution in [0, 0.1) is 0 Å². The van der Waals surface area contributed by atoms with Crippen LogP contribution in [0.25, 0.3) is 11.0 Å². The maximum Gasteiger partial charge on any atom is 0.254 e. The van der Waals surface area contributed by atoms with Crippen molar-refractivity contribution in [2.75, 3.05) is 12.8 Å². The summed E-state index contributed by atoms with van der Waals surface area (Å²) in [5.74, 6) is 0.0384. The number of hydrogen-bond acceptors (Lipinski definition) is 7. The quantitative estimate of drug-likeness (QED) is 0.634. The SMILES string of the molecule is C[C@@H]1C[C@H](N2Cc3cnc(S(C)=O)nc3C2)CCN1C(=O)c1ccc2n[nH]nc2c1. The molecule has 4 heterocycles. The summed E-state index contributed by atoms with van der Waals surface area (Å²) in [5.41, 5.74) is 4.18. The van der Waals surface area contributed by atoms with Crippen molar-refractivity contribution in [2.24, 2.45) is 0 Å². The number of fused-ring (bicyclic) bond motifs is 2. The second-order valence-corrected chi connectivity index (χ2v) is 9.31. The highest BCUT2D eigenvalue weighted by molar-refractivity contribution is 7.84. The second kappa shape index (κ2) is 7.51. The van der Waals surface area contributed by atoms with Crippen LogP contribution in [0.5, 0.6) is 0 Å². The first kappa shape index (κ1) is 19.3. The predicted molar refractivity (Wildman–Crippen MR) is 111 cm³/mol. The van der Waals surface area contributed by atoms with E-state index >= 15 is 0 Å². The van der Waals surface area contributed by atoms with Gasteiger partial charge in [0.15, 0.2) is 0 Å². The van der Waals surface area contributed by atoms with Crippen LogP contribution in [0.15, 0.2) is 29.6 Å². The number of aromatic nitrogens is 5. The van der Waals surface area contributed by atoms with Crippen molar-refractivity contribution in [3.05, 3.63) is 41.2 Å². The van der Waals surface area contributed by atoms with Crippen LogP contribution in [-0.2, 0) is 23.9 Å². The zero-order valence-corrected chi connectivity index (χ0v) is 17.7. The summed E-state index contributed by atoms with van der Waals surface area (Å²) in [5, 5.41) is 11.1. The molecule has 2 aromatic heterocycles. The maximum absolute atomic E-state index is 13.1. The number of aromatic amines is 1. The van der Waals surface area contributed by atoms with Crippen LogP contribution in [-0.4, -0.2) is 70.2 Å². The van der Waals surface area contributed by atoms with Gasteiger partial charge in [0.2, 0.25) is 5.16 Å². The fourth-order valence-electron chi connectivity index (χ4n) is 4.48. The third-order valence-electron chi connectivity index (χ3n) is 6.10. The van der Waals surface area contributed by atoms with E-state index in [0.29, 0.717) is 28.8 Å². The first-order valence-corrected chi connectivity index (χ1v) is 11.6. The number of H-pyrrole nitrogens is 1. The Kier molecular flexibility index (Phi) is 4.82. The van der Waals surface area contributed by atoms with Crippen molar-refractivity contribution in [3.63, 3.8) is 0 Å². The standard InChI is InChI=1S/C20H23N7O2S/c1-12-7-15(26-10-14-9-21-20(30(2)29)22-18(14)11-26)5-6-27(12)19(28)13-3-4-16-17(8-13)24-25-23-16/h3-4,8-9,12,15H,5-7,10-11H2,1-2H3,(H,23,24,25)/t12-,15-,30?/m1/s1. The molecule has 5 rings (SSSR count). The smallest absolute Gasteiger partial charge is 0.254 e. The minimum Gasteiger partial charge on any atom is -0.336 e. The molecule has 1 fully saturated rings. The minimum absolute atomic E-state index is 0.0384. The Hall–Kier alpha value is -2.72. The lowest BCUT2D eigenvalue weighted by Crippen LogP contribution is -2.50. The van der Waals surface area contributed by atoms with E-state index < -0.39 is 10.8 Å². The average Bonchev–Trinajstić information content (AvgIpc) is 3.38. The molecule has 3 aromatic rings. The van der Waals surface area contributed by atoms with Gasteiger partial charge >= 0.3 is 0 Å². The number of likely N-dealkylation sites (tertiary alicyclic amines) is 1. The largest absolute Gasteiger partial charge is 0.336 e. The Morgan fingerprint density at radius 3 is 2.87 bits per heavy atom. The van der Waals surface area contributed by atoms with Crippen LogP contribution in [0.2, 0.25) is 0 Å². The fourth-order valence-corrected chi connectivity index (χ4v) is 4.92. The van der Waals surface area contributed by atoms with Gasteiger partial charge in [-0.1, -0.05) is 0 Å². The van der Waals surface area contributed by atoms with E-state index in [4.69, 9.17) is 0 Å². The molecule has 0 saturated carbocycles. The van der Waals surface area contributed by atoms with Crippen molar-refractivity contribution in [3.8, 4) is 0 Å². The van der Waals surface area contributed by atoms with Crippen LogP contribution in [0.3, 0.4) is 0 Å². The summed E-state index contributed by atoms with van der Waals surface area (Å²) in [7, 11) is -1.17. The number of nitrogens with one attached hydrogen (secondary N) is 1. The summed E-state index contributed by atoms with van der Waals surface area (Å²) in [6, 6.07) is 5.95. The number of amides is 1. The molecule has 1 amide bonds. The highest BCUT2D eigenvalue weighted by Gasteiger charge is 2.35. The number of hydrogen-bond donors (Lipinski definition) is 1. The van der Waals surface area contributed by atoms with E-state index in [9.17, 15) is 9.00 Å². The lowest BCUT2D eigenvalue weighted by molar-refractivity contribution is 0.0460. The molecule has 1 unspecified atom stereocenters. The molecule has 0 spiro atoms. The number of carbonyl (C=O) groups is 1. The molecule has 30 heavy (non-hydrogen) atoms. The number of piperidine rings is 1. The molecular weight excluding hydrogens is 402 g/mol. The van der Waals surface area contributed by atoms with E-state index in [1.807, 2.05) is 17.0 Å². The van der Waals surface area contributed by atoms with E-state index in [2.05, 4.69) is 37.2 Å². The number of benzene rings is 1. The molecule has 9 nitrogen and oxygen atoms in total. The van der Waals surface area contributed by atoms with E-state index in [1.54, 1.807) is 18.5 Å². The van der Waals surface area contributed by atoms with Crippen LogP contribution in [0.4, 0.5) is 0 Å². The molecular formula is C20H23N7O2S. The first-order valence-electron chi connectivity index (χ1n) is 10.0. The van der Waals surface area contributed by atoms with Crippen molar-refractivity contribution < 1.29 is 9.00 Å². The molecule has 2 aliphatic rings. The van der Waals surface area contributed by atoms with Gasteiger partial charge in [0.1, 0.15) is 11.0 Å². The van der Waals surface area contributed by atoms with Gasteiger partial charge in [-0.3, -0.25) is 13.9 Å². The summed E-state index contributed by atoms with van der Waals surface area (Å²) < 4.78 is 11.7. The Bertz CT molecular complexity index is 1150. The summed E-state index contributed by atoms with van der Waals surface area (Å²) >= 11 is 0. The van der Waals surface area contributed by atoms with Crippen molar-refractivity contribution in [1.29, 1.82) is 0 Å².